The van der Waals surface area contributed by atoms with Crippen molar-refractivity contribution < 1.29 is 14.3 Å². The summed E-state index contributed by atoms with van der Waals surface area (Å²) < 4.78 is 4.89. The van der Waals surface area contributed by atoms with Crippen molar-refractivity contribution in [3.05, 3.63) is 47.5 Å². The summed E-state index contributed by atoms with van der Waals surface area (Å²) in [6.07, 6.45) is 9.67. The zero-order valence-corrected chi connectivity index (χ0v) is 12.5. The molecular weight excluding hydrogens is 264 g/mol. The van der Waals surface area contributed by atoms with Crippen molar-refractivity contribution in [2.45, 2.75) is 38.5 Å². The van der Waals surface area contributed by atoms with E-state index < -0.39 is 0 Å². The Balaban J connectivity index is 1.79. The lowest BCUT2D eigenvalue weighted by atomic mass is 9.78. The van der Waals surface area contributed by atoms with Crippen LogP contribution in [0.5, 0.6) is 0 Å². The summed E-state index contributed by atoms with van der Waals surface area (Å²) in [4.78, 5) is 21.3. The van der Waals surface area contributed by atoms with Gasteiger partial charge in [-0.2, -0.15) is 0 Å². The summed E-state index contributed by atoms with van der Waals surface area (Å²) in [5.41, 5.74) is 2.07. The highest BCUT2D eigenvalue weighted by molar-refractivity contribution is 5.74. The average Bonchev–Trinajstić information content (AvgIpc) is 2.52. The van der Waals surface area contributed by atoms with Crippen molar-refractivity contribution >= 4 is 12.3 Å². The van der Waals surface area contributed by atoms with E-state index in [4.69, 9.17) is 4.74 Å². The molecule has 1 aliphatic carbocycles. The highest BCUT2D eigenvalue weighted by Gasteiger charge is 2.20. The molecule has 0 bridgehead atoms. The monoisotopic (exact) mass is 286 g/mol. The number of aldehydes is 1. The smallest absolute Gasteiger partial charge is 0.302 e. The van der Waals surface area contributed by atoms with Gasteiger partial charge in [-0.3, -0.25) is 9.59 Å². The first-order valence-electron chi connectivity index (χ1n) is 7.54. The van der Waals surface area contributed by atoms with Crippen LogP contribution in [0.25, 0.3) is 0 Å². The molecule has 0 N–H and O–H groups in total. The normalized spacial score (nSPS) is 22.1. The van der Waals surface area contributed by atoms with Crippen molar-refractivity contribution in [2.24, 2.45) is 5.92 Å². The molecule has 0 spiro atoms. The number of allylic oxidation sites excluding steroid dienone is 1. The molecule has 0 saturated heterocycles. The van der Waals surface area contributed by atoms with Crippen LogP contribution in [0, 0.1) is 5.92 Å². The number of carbonyl (C=O) groups excluding carboxylic acids is 2. The first-order valence-corrected chi connectivity index (χ1v) is 7.54. The van der Waals surface area contributed by atoms with E-state index in [2.05, 4.69) is 18.2 Å². The summed E-state index contributed by atoms with van der Waals surface area (Å²) in [5.74, 6) is 0.956. The molecule has 0 amide bonds. The van der Waals surface area contributed by atoms with Gasteiger partial charge in [0.05, 0.1) is 0 Å². The maximum Gasteiger partial charge on any atom is 0.302 e. The van der Waals surface area contributed by atoms with Gasteiger partial charge < -0.3 is 4.74 Å². The Bertz CT molecular complexity index is 494. The Kier molecular flexibility index (Phi) is 5.73. The van der Waals surface area contributed by atoms with Crippen molar-refractivity contribution in [2.75, 3.05) is 6.61 Å². The number of ether oxygens (including phenoxy) is 1. The van der Waals surface area contributed by atoms with E-state index in [0.717, 1.165) is 24.7 Å². The Labute approximate surface area is 126 Å². The van der Waals surface area contributed by atoms with Crippen LogP contribution in [0.3, 0.4) is 0 Å². The fourth-order valence-electron chi connectivity index (χ4n) is 2.91. The fourth-order valence-corrected chi connectivity index (χ4v) is 2.91. The highest BCUT2D eigenvalue weighted by atomic mass is 16.5. The van der Waals surface area contributed by atoms with Crippen LogP contribution in [0.2, 0.25) is 0 Å². The van der Waals surface area contributed by atoms with E-state index in [-0.39, 0.29) is 5.97 Å². The lowest BCUT2D eigenvalue weighted by molar-refractivity contribution is -0.139. The van der Waals surface area contributed by atoms with Crippen molar-refractivity contribution in [3.8, 4) is 0 Å². The quantitative estimate of drug-likeness (QED) is 0.468. The standard InChI is InChI=1S/C18H22O3/c1-14(20)21-12-2-3-15-4-8-17(9-5-15)18-10-6-16(13-19)7-11-18/h2-3,6-7,10-11,13,15,17H,4-5,8-9,12H2,1H3. The van der Waals surface area contributed by atoms with Gasteiger partial charge in [-0.1, -0.05) is 36.4 Å². The molecule has 1 saturated carbocycles. The largest absolute Gasteiger partial charge is 0.462 e. The zero-order chi connectivity index (χ0) is 15.1. The molecule has 3 heteroatoms. The third kappa shape index (κ3) is 4.85. The zero-order valence-electron chi connectivity index (χ0n) is 12.5. The molecular formula is C18H22O3. The summed E-state index contributed by atoms with van der Waals surface area (Å²) in [6.45, 7) is 1.80. The van der Waals surface area contributed by atoms with E-state index in [1.165, 1.54) is 25.3 Å². The summed E-state index contributed by atoms with van der Waals surface area (Å²) in [5, 5.41) is 0. The molecule has 112 valence electrons. The van der Waals surface area contributed by atoms with Crippen molar-refractivity contribution in [1.82, 2.24) is 0 Å². The van der Waals surface area contributed by atoms with Crippen LogP contribution in [-0.4, -0.2) is 18.9 Å². The predicted molar refractivity (Wildman–Crippen MR) is 82.3 cm³/mol. The van der Waals surface area contributed by atoms with Crippen LogP contribution < -0.4 is 0 Å². The molecule has 0 radical (unpaired) electrons. The number of hydrogen-bond donors (Lipinski definition) is 0. The SMILES string of the molecule is CC(=O)OCC=CC1CCC(c2ccc(C=O)cc2)CC1. The fraction of sp³-hybridized carbons (Fsp3) is 0.444. The minimum atomic E-state index is -0.234. The first-order chi connectivity index (χ1) is 10.2. The van der Waals surface area contributed by atoms with Crippen LogP contribution in [0.15, 0.2) is 36.4 Å². The van der Waals surface area contributed by atoms with Gasteiger partial charge >= 0.3 is 5.97 Å². The highest BCUT2D eigenvalue weighted by Crippen LogP contribution is 2.36. The maximum absolute atomic E-state index is 10.7. The minimum Gasteiger partial charge on any atom is -0.462 e. The van der Waals surface area contributed by atoms with Crippen LogP contribution in [0.4, 0.5) is 0 Å². The molecule has 1 aromatic carbocycles. The van der Waals surface area contributed by atoms with Gasteiger partial charge in [0.1, 0.15) is 12.9 Å². The third-order valence-electron chi connectivity index (χ3n) is 4.11. The van der Waals surface area contributed by atoms with Gasteiger partial charge in [0.2, 0.25) is 0 Å². The van der Waals surface area contributed by atoms with E-state index in [0.29, 0.717) is 18.4 Å². The molecule has 1 aliphatic rings. The van der Waals surface area contributed by atoms with E-state index in [1.807, 2.05) is 18.2 Å². The summed E-state index contributed by atoms with van der Waals surface area (Å²) in [6, 6.07) is 7.94. The lowest BCUT2D eigenvalue weighted by Gasteiger charge is -2.27. The second kappa shape index (κ2) is 7.77. The van der Waals surface area contributed by atoms with Crippen molar-refractivity contribution in [1.29, 1.82) is 0 Å². The van der Waals surface area contributed by atoms with Gasteiger partial charge in [0, 0.05) is 12.5 Å². The number of hydrogen-bond acceptors (Lipinski definition) is 3. The molecule has 3 nitrogen and oxygen atoms in total. The molecule has 2 rings (SSSR count). The molecule has 21 heavy (non-hydrogen) atoms. The number of esters is 1. The first kappa shape index (κ1) is 15.5. The van der Waals surface area contributed by atoms with E-state index in [9.17, 15) is 9.59 Å². The van der Waals surface area contributed by atoms with Crippen LogP contribution in [0.1, 0.15) is 54.4 Å². The van der Waals surface area contributed by atoms with E-state index >= 15 is 0 Å². The van der Waals surface area contributed by atoms with Gasteiger partial charge in [0.25, 0.3) is 0 Å². The molecule has 0 atom stereocenters. The molecule has 0 heterocycles. The molecule has 0 aromatic heterocycles. The maximum atomic E-state index is 10.7. The topological polar surface area (TPSA) is 43.4 Å². The third-order valence-corrected chi connectivity index (χ3v) is 4.11. The Morgan fingerprint density at radius 1 is 1.19 bits per heavy atom. The molecule has 0 aliphatic heterocycles. The number of benzene rings is 1. The number of rotatable bonds is 5. The van der Waals surface area contributed by atoms with Gasteiger partial charge in [-0.05, 0) is 43.1 Å². The number of carbonyl (C=O) groups is 2. The Morgan fingerprint density at radius 2 is 1.86 bits per heavy atom. The van der Waals surface area contributed by atoms with Gasteiger partial charge in [-0.15, -0.1) is 0 Å². The molecule has 1 aromatic rings. The summed E-state index contributed by atoms with van der Waals surface area (Å²) in [7, 11) is 0. The van der Waals surface area contributed by atoms with Crippen molar-refractivity contribution in [3.63, 3.8) is 0 Å². The van der Waals surface area contributed by atoms with E-state index in [1.54, 1.807) is 0 Å². The predicted octanol–water partition coefficient (Wildman–Crippen LogP) is 3.89. The van der Waals surface area contributed by atoms with Crippen LogP contribution in [-0.2, 0) is 9.53 Å². The van der Waals surface area contributed by atoms with Crippen LogP contribution >= 0.6 is 0 Å². The lowest BCUT2D eigenvalue weighted by Crippen LogP contribution is -2.12. The average molecular weight is 286 g/mol. The second-order valence-corrected chi connectivity index (χ2v) is 5.63. The Morgan fingerprint density at radius 3 is 2.43 bits per heavy atom. The van der Waals surface area contributed by atoms with Gasteiger partial charge in [0.15, 0.2) is 0 Å². The summed E-state index contributed by atoms with van der Waals surface area (Å²) >= 11 is 0. The molecule has 0 unspecified atom stereocenters. The van der Waals surface area contributed by atoms with Gasteiger partial charge in [-0.25, -0.2) is 0 Å². The second-order valence-electron chi connectivity index (χ2n) is 5.63. The minimum absolute atomic E-state index is 0.234. The Hall–Kier alpha value is -1.90. The molecule has 1 fully saturated rings.